The smallest absolute Gasteiger partial charge is 0.138 e. The summed E-state index contributed by atoms with van der Waals surface area (Å²) in [6.07, 6.45) is 15.6. The predicted molar refractivity (Wildman–Crippen MR) is 131 cm³/mol. The van der Waals surface area contributed by atoms with Crippen molar-refractivity contribution in [3.63, 3.8) is 0 Å². The van der Waals surface area contributed by atoms with E-state index in [4.69, 9.17) is 5.73 Å². The summed E-state index contributed by atoms with van der Waals surface area (Å²) in [6, 6.07) is 0. The van der Waals surface area contributed by atoms with E-state index in [0.29, 0.717) is 27.9 Å². The molecule has 0 aliphatic heterocycles. The van der Waals surface area contributed by atoms with E-state index in [-0.39, 0.29) is 11.0 Å². The van der Waals surface area contributed by atoms with Crippen LogP contribution in [0.25, 0.3) is 0 Å². The molecule has 5 saturated carbocycles. The predicted octanol–water partition coefficient (Wildman–Crippen LogP) is 7.31. The molecule has 5 rings (SSSR count). The summed E-state index contributed by atoms with van der Waals surface area (Å²) in [5.74, 6) is 3.46. The number of hydrogen-bond donors (Lipinski definition) is 1. The molecule has 8 atom stereocenters. The molecule has 176 valence electrons. The average Bonchev–Trinajstić information content (AvgIpc) is 3.08. The Bertz CT molecular complexity index is 741. The Morgan fingerprint density at radius 1 is 0.839 bits per heavy atom. The molecular formula is C29H49NO. The summed E-state index contributed by atoms with van der Waals surface area (Å²) in [4.78, 5) is 12.8. The van der Waals surface area contributed by atoms with Gasteiger partial charge in [0.15, 0.2) is 0 Å². The molecule has 0 spiro atoms. The molecule has 2 N–H and O–H groups in total. The molecule has 5 aliphatic rings. The van der Waals surface area contributed by atoms with Crippen LogP contribution in [0.3, 0.4) is 0 Å². The molecule has 0 amide bonds. The van der Waals surface area contributed by atoms with E-state index in [2.05, 4.69) is 41.2 Å². The van der Waals surface area contributed by atoms with E-state index in [1.807, 2.05) is 6.92 Å². The fraction of sp³-hybridized carbons (Fsp3) is 0.897. The second-order valence-corrected chi connectivity index (χ2v) is 13.5. The van der Waals surface area contributed by atoms with E-state index in [1.54, 1.807) is 6.08 Å². The standard InChI is InChI=1S/C26H43NO.C3H6/c1-22(2)19-10-14-25(5)20(23(19,3)13-11-21(22)28)9-8-17-18-7-6-12-26(18,27)16-15-24(17,25)4;1-3-2/h17-20H,6-16,27H2,1-5H3;3H,1H2,2H3/t17?,18-,19?,20?,23?,24-,25?,26?;/m1./s1. The van der Waals surface area contributed by atoms with Crippen LogP contribution in [0.4, 0.5) is 0 Å². The molecule has 0 aromatic heterocycles. The largest absolute Gasteiger partial charge is 0.325 e. The zero-order valence-electron chi connectivity index (χ0n) is 21.4. The van der Waals surface area contributed by atoms with Crippen molar-refractivity contribution in [2.75, 3.05) is 0 Å². The van der Waals surface area contributed by atoms with Gasteiger partial charge in [-0.25, -0.2) is 0 Å². The van der Waals surface area contributed by atoms with E-state index in [0.717, 1.165) is 30.6 Å². The maximum absolute atomic E-state index is 12.8. The van der Waals surface area contributed by atoms with Gasteiger partial charge in [-0.05, 0) is 105 Å². The normalized spacial score (nSPS) is 52.5. The number of ketones is 1. The monoisotopic (exact) mass is 427 g/mol. The van der Waals surface area contributed by atoms with Crippen molar-refractivity contribution in [3.8, 4) is 0 Å². The molecule has 2 nitrogen and oxygen atoms in total. The lowest BCUT2D eigenvalue weighted by Crippen LogP contribution is -2.67. The molecule has 2 heteroatoms. The molecule has 0 bridgehead atoms. The van der Waals surface area contributed by atoms with Crippen molar-refractivity contribution < 1.29 is 4.79 Å². The second kappa shape index (κ2) is 7.44. The van der Waals surface area contributed by atoms with Crippen molar-refractivity contribution in [1.82, 2.24) is 0 Å². The van der Waals surface area contributed by atoms with Crippen molar-refractivity contribution >= 4 is 5.78 Å². The highest BCUT2D eigenvalue weighted by Crippen LogP contribution is 2.75. The highest BCUT2D eigenvalue weighted by Gasteiger charge is 2.69. The van der Waals surface area contributed by atoms with Crippen LogP contribution in [0.5, 0.6) is 0 Å². The second-order valence-electron chi connectivity index (χ2n) is 13.5. The number of rotatable bonds is 0. The molecule has 5 fully saturated rings. The summed E-state index contributed by atoms with van der Waals surface area (Å²) < 4.78 is 0. The van der Waals surface area contributed by atoms with Crippen LogP contribution in [0, 0.1) is 45.3 Å². The van der Waals surface area contributed by atoms with Gasteiger partial charge in [0.05, 0.1) is 0 Å². The Kier molecular flexibility index (Phi) is 5.65. The number of Topliss-reactive ketones (excluding diaryl/α,β-unsaturated/α-hetero) is 1. The molecular weight excluding hydrogens is 378 g/mol. The lowest BCUT2D eigenvalue weighted by atomic mass is 9.33. The lowest BCUT2D eigenvalue weighted by molar-refractivity contribution is -0.225. The molecule has 0 aromatic rings. The van der Waals surface area contributed by atoms with Gasteiger partial charge in [0.2, 0.25) is 0 Å². The number of nitrogens with two attached hydrogens (primary N) is 1. The summed E-state index contributed by atoms with van der Waals surface area (Å²) in [7, 11) is 0. The Morgan fingerprint density at radius 3 is 2.19 bits per heavy atom. The Hall–Kier alpha value is -0.630. The van der Waals surface area contributed by atoms with Crippen molar-refractivity contribution in [2.24, 2.45) is 51.1 Å². The molecule has 0 radical (unpaired) electrons. The summed E-state index contributed by atoms with van der Waals surface area (Å²) in [6.45, 7) is 17.7. The lowest BCUT2D eigenvalue weighted by Gasteiger charge is -2.72. The van der Waals surface area contributed by atoms with Gasteiger partial charge >= 0.3 is 0 Å². The Morgan fingerprint density at radius 2 is 1.52 bits per heavy atom. The maximum Gasteiger partial charge on any atom is 0.138 e. The van der Waals surface area contributed by atoms with Gasteiger partial charge in [0, 0.05) is 17.4 Å². The van der Waals surface area contributed by atoms with Crippen LogP contribution in [-0.2, 0) is 4.79 Å². The Labute approximate surface area is 192 Å². The van der Waals surface area contributed by atoms with Gasteiger partial charge in [-0.3, -0.25) is 4.79 Å². The van der Waals surface area contributed by atoms with Crippen molar-refractivity contribution in [2.45, 2.75) is 118 Å². The fourth-order valence-electron chi connectivity index (χ4n) is 10.4. The highest BCUT2D eigenvalue weighted by atomic mass is 16.1. The molecule has 0 aromatic carbocycles. The first kappa shape index (κ1) is 23.5. The van der Waals surface area contributed by atoms with Crippen LogP contribution in [0.1, 0.15) is 112 Å². The first-order valence-electron chi connectivity index (χ1n) is 13.3. The van der Waals surface area contributed by atoms with Gasteiger partial charge in [-0.15, -0.1) is 6.58 Å². The zero-order chi connectivity index (χ0) is 22.9. The Balaban J connectivity index is 0.000000730. The number of hydrogen-bond acceptors (Lipinski definition) is 2. The van der Waals surface area contributed by atoms with Crippen LogP contribution < -0.4 is 5.73 Å². The molecule has 0 heterocycles. The van der Waals surface area contributed by atoms with E-state index < -0.39 is 0 Å². The summed E-state index contributed by atoms with van der Waals surface area (Å²) in [5.41, 5.74) is 8.20. The number of carbonyl (C=O) groups is 1. The molecule has 6 unspecified atom stereocenters. The minimum atomic E-state index is -0.128. The van der Waals surface area contributed by atoms with Crippen LogP contribution in [-0.4, -0.2) is 11.3 Å². The first-order valence-corrected chi connectivity index (χ1v) is 13.3. The van der Waals surface area contributed by atoms with Gasteiger partial charge in [-0.1, -0.05) is 47.1 Å². The zero-order valence-corrected chi connectivity index (χ0v) is 21.4. The van der Waals surface area contributed by atoms with Gasteiger partial charge < -0.3 is 5.73 Å². The van der Waals surface area contributed by atoms with Gasteiger partial charge in [0.25, 0.3) is 0 Å². The topological polar surface area (TPSA) is 43.1 Å². The minimum Gasteiger partial charge on any atom is -0.325 e. The quantitative estimate of drug-likeness (QED) is 0.412. The van der Waals surface area contributed by atoms with Crippen molar-refractivity contribution in [3.05, 3.63) is 12.7 Å². The molecule has 0 saturated heterocycles. The molecule has 31 heavy (non-hydrogen) atoms. The van der Waals surface area contributed by atoms with Gasteiger partial charge in [-0.2, -0.15) is 0 Å². The molecule has 5 aliphatic carbocycles. The van der Waals surface area contributed by atoms with E-state index >= 15 is 0 Å². The number of carbonyl (C=O) groups excluding carboxylic acids is 1. The third kappa shape index (κ3) is 3.02. The van der Waals surface area contributed by atoms with E-state index in [1.165, 1.54) is 57.8 Å². The van der Waals surface area contributed by atoms with Crippen molar-refractivity contribution in [1.29, 1.82) is 0 Å². The third-order valence-electron chi connectivity index (χ3n) is 12.2. The van der Waals surface area contributed by atoms with Crippen LogP contribution in [0.2, 0.25) is 0 Å². The first-order chi connectivity index (χ1) is 14.4. The minimum absolute atomic E-state index is 0.128. The van der Waals surface area contributed by atoms with E-state index in [9.17, 15) is 4.79 Å². The summed E-state index contributed by atoms with van der Waals surface area (Å²) >= 11 is 0. The number of allylic oxidation sites excluding steroid dienone is 1. The van der Waals surface area contributed by atoms with Crippen LogP contribution in [0.15, 0.2) is 12.7 Å². The highest BCUT2D eigenvalue weighted by molar-refractivity contribution is 5.85. The fourth-order valence-corrected chi connectivity index (χ4v) is 10.4. The average molecular weight is 428 g/mol. The maximum atomic E-state index is 12.8. The van der Waals surface area contributed by atoms with Crippen LogP contribution >= 0.6 is 0 Å². The number of fused-ring (bicyclic) bond motifs is 7. The third-order valence-corrected chi connectivity index (χ3v) is 12.2. The van der Waals surface area contributed by atoms with Gasteiger partial charge in [0.1, 0.15) is 5.78 Å². The SMILES string of the molecule is C=CC.CC1(C)C(=O)CCC2(C)C1CCC1(C)C2CCC2[C@H]3CCCC3(N)CC[C@]21C. The summed E-state index contributed by atoms with van der Waals surface area (Å²) in [5, 5.41) is 0.